The van der Waals surface area contributed by atoms with Gasteiger partial charge in [0, 0.05) is 19.4 Å². The first kappa shape index (κ1) is 10.2. The van der Waals surface area contributed by atoms with Gasteiger partial charge >= 0.3 is 5.97 Å². The van der Waals surface area contributed by atoms with Gasteiger partial charge in [-0.1, -0.05) is 0 Å². The Morgan fingerprint density at radius 3 is 3.06 bits per heavy atom. The smallest absolute Gasteiger partial charge is 0.357 e. The molecule has 2 aromatic rings. The molecule has 2 rings (SSSR count). The number of hydrogen-bond acceptors (Lipinski definition) is 5. The number of carbonyl (C=O) groups is 1. The molecular weight excluding hydrogens is 212 g/mol. The van der Waals surface area contributed by atoms with Crippen molar-refractivity contribution >= 4 is 12.0 Å². The molecule has 0 saturated heterocycles. The predicted octanol–water partition coefficient (Wildman–Crippen LogP) is 0.718. The summed E-state index contributed by atoms with van der Waals surface area (Å²) in [5.74, 6) is -0.316. The van der Waals surface area contributed by atoms with Crippen LogP contribution in [0.4, 0.5) is 6.01 Å². The molecule has 0 bridgehead atoms. The number of imidazole rings is 1. The number of carboxylic acid groups (broad SMARTS) is 1. The first-order chi connectivity index (χ1) is 7.66. The molecule has 0 aliphatic rings. The second-order valence-electron chi connectivity index (χ2n) is 3.15. The van der Waals surface area contributed by atoms with E-state index in [9.17, 15) is 4.79 Å². The van der Waals surface area contributed by atoms with Gasteiger partial charge in [0.15, 0.2) is 5.69 Å². The molecule has 2 aromatic heterocycles. The molecule has 84 valence electrons. The van der Waals surface area contributed by atoms with E-state index in [0.29, 0.717) is 6.54 Å². The zero-order chi connectivity index (χ0) is 11.5. The quantitative estimate of drug-likeness (QED) is 0.791. The summed E-state index contributed by atoms with van der Waals surface area (Å²) in [5.41, 5.74) is -0.123. The second-order valence-corrected chi connectivity index (χ2v) is 3.15. The van der Waals surface area contributed by atoms with E-state index >= 15 is 0 Å². The number of hydrogen-bond donors (Lipinski definition) is 2. The average molecular weight is 222 g/mol. The third-order valence-corrected chi connectivity index (χ3v) is 2.04. The van der Waals surface area contributed by atoms with Gasteiger partial charge in [0.1, 0.15) is 12.1 Å². The molecule has 0 aromatic carbocycles. The molecule has 16 heavy (non-hydrogen) atoms. The highest BCUT2D eigenvalue weighted by Gasteiger charge is 2.10. The molecule has 0 spiro atoms. The lowest BCUT2D eigenvalue weighted by Gasteiger charge is -2.01. The van der Waals surface area contributed by atoms with E-state index in [1.165, 1.54) is 0 Å². The summed E-state index contributed by atoms with van der Waals surface area (Å²) in [6.07, 6.45) is 4.58. The van der Waals surface area contributed by atoms with Crippen molar-refractivity contribution in [1.82, 2.24) is 14.5 Å². The Balaban J connectivity index is 2.00. The van der Waals surface area contributed by atoms with E-state index in [1.54, 1.807) is 6.20 Å². The van der Waals surface area contributed by atoms with Crippen molar-refractivity contribution in [3.63, 3.8) is 0 Å². The molecule has 2 N–H and O–H groups in total. The highest BCUT2D eigenvalue weighted by atomic mass is 16.4. The fraction of sp³-hybridized carbons (Fsp3) is 0.222. The summed E-state index contributed by atoms with van der Waals surface area (Å²) >= 11 is 0. The number of carboxylic acids is 1. The lowest BCUT2D eigenvalue weighted by atomic mass is 10.5. The van der Waals surface area contributed by atoms with Crippen LogP contribution in [0, 0.1) is 0 Å². The van der Waals surface area contributed by atoms with E-state index in [0.717, 1.165) is 12.1 Å². The van der Waals surface area contributed by atoms with Crippen LogP contribution in [0.2, 0.25) is 0 Å². The van der Waals surface area contributed by atoms with Crippen molar-refractivity contribution < 1.29 is 14.3 Å². The summed E-state index contributed by atoms with van der Waals surface area (Å²) in [6.45, 7) is 0.420. The van der Waals surface area contributed by atoms with Crippen LogP contribution in [0.25, 0.3) is 0 Å². The van der Waals surface area contributed by atoms with E-state index in [-0.39, 0.29) is 11.7 Å². The summed E-state index contributed by atoms with van der Waals surface area (Å²) < 4.78 is 6.77. The molecule has 0 atom stereocenters. The number of aromatic nitrogens is 3. The minimum atomic E-state index is -1.12. The van der Waals surface area contributed by atoms with E-state index in [4.69, 9.17) is 9.52 Å². The SMILES string of the molecule is Cn1ccnc1CNc1nc(C(=O)O)co1. The molecule has 2 heterocycles. The summed E-state index contributed by atoms with van der Waals surface area (Å²) in [5, 5.41) is 11.5. The summed E-state index contributed by atoms with van der Waals surface area (Å²) in [6, 6.07) is 0.167. The Kier molecular flexibility index (Phi) is 2.59. The van der Waals surface area contributed by atoms with Crippen LogP contribution in [0.15, 0.2) is 23.1 Å². The van der Waals surface area contributed by atoms with Crippen LogP contribution in [-0.2, 0) is 13.6 Å². The lowest BCUT2D eigenvalue weighted by molar-refractivity contribution is 0.0690. The standard InChI is InChI=1S/C9H10N4O3/c1-13-3-2-10-7(13)4-11-9-12-6(5-16-9)8(14)15/h2-3,5H,4H2,1H3,(H,11,12)(H,14,15). The Morgan fingerprint density at radius 2 is 2.50 bits per heavy atom. The van der Waals surface area contributed by atoms with Crippen molar-refractivity contribution in [2.45, 2.75) is 6.54 Å². The van der Waals surface area contributed by atoms with Gasteiger partial charge in [0.05, 0.1) is 6.54 Å². The van der Waals surface area contributed by atoms with Crippen LogP contribution >= 0.6 is 0 Å². The van der Waals surface area contributed by atoms with Gasteiger partial charge in [0.2, 0.25) is 0 Å². The predicted molar refractivity (Wildman–Crippen MR) is 54.0 cm³/mol. The first-order valence-electron chi connectivity index (χ1n) is 4.55. The lowest BCUT2D eigenvalue weighted by Crippen LogP contribution is -2.06. The highest BCUT2D eigenvalue weighted by Crippen LogP contribution is 2.08. The molecule has 0 radical (unpaired) electrons. The third-order valence-electron chi connectivity index (χ3n) is 2.04. The average Bonchev–Trinajstić information content (AvgIpc) is 2.83. The van der Waals surface area contributed by atoms with Gasteiger partial charge in [-0.25, -0.2) is 9.78 Å². The minimum absolute atomic E-state index is 0.123. The maximum Gasteiger partial charge on any atom is 0.357 e. The number of anilines is 1. The summed E-state index contributed by atoms with van der Waals surface area (Å²) in [7, 11) is 1.86. The van der Waals surface area contributed by atoms with Crippen molar-refractivity contribution in [3.8, 4) is 0 Å². The van der Waals surface area contributed by atoms with E-state index < -0.39 is 5.97 Å². The number of aromatic carboxylic acids is 1. The van der Waals surface area contributed by atoms with Crippen molar-refractivity contribution in [2.24, 2.45) is 7.05 Å². The topological polar surface area (TPSA) is 93.2 Å². The zero-order valence-corrected chi connectivity index (χ0v) is 8.54. The number of nitrogens with zero attached hydrogens (tertiary/aromatic N) is 3. The van der Waals surface area contributed by atoms with Crippen LogP contribution in [0.3, 0.4) is 0 Å². The van der Waals surface area contributed by atoms with Crippen LogP contribution in [0.5, 0.6) is 0 Å². The highest BCUT2D eigenvalue weighted by molar-refractivity contribution is 5.85. The fourth-order valence-electron chi connectivity index (χ4n) is 1.17. The van der Waals surface area contributed by atoms with Gasteiger partial charge in [0.25, 0.3) is 6.01 Å². The minimum Gasteiger partial charge on any atom is -0.476 e. The van der Waals surface area contributed by atoms with Crippen LogP contribution < -0.4 is 5.32 Å². The molecule has 0 amide bonds. The maximum atomic E-state index is 10.5. The molecule has 0 saturated carbocycles. The van der Waals surface area contributed by atoms with Crippen LogP contribution in [0.1, 0.15) is 16.3 Å². The maximum absolute atomic E-state index is 10.5. The van der Waals surface area contributed by atoms with Gasteiger partial charge < -0.3 is 19.4 Å². The molecule has 0 aliphatic carbocycles. The zero-order valence-electron chi connectivity index (χ0n) is 8.54. The Hall–Kier alpha value is -2.31. The molecule has 0 aliphatic heterocycles. The van der Waals surface area contributed by atoms with Crippen molar-refractivity contribution in [1.29, 1.82) is 0 Å². The Bertz CT molecular complexity index is 502. The van der Waals surface area contributed by atoms with E-state index in [2.05, 4.69) is 15.3 Å². The Morgan fingerprint density at radius 1 is 1.69 bits per heavy atom. The third kappa shape index (κ3) is 2.02. The molecule has 7 heteroatoms. The number of aryl methyl sites for hydroxylation is 1. The Labute approximate surface area is 90.7 Å². The number of nitrogens with one attached hydrogen (secondary N) is 1. The molecule has 0 unspecified atom stereocenters. The van der Waals surface area contributed by atoms with Gasteiger partial charge in [-0.05, 0) is 0 Å². The number of oxazole rings is 1. The van der Waals surface area contributed by atoms with Gasteiger partial charge in [-0.2, -0.15) is 4.98 Å². The number of rotatable bonds is 4. The fourth-order valence-corrected chi connectivity index (χ4v) is 1.17. The normalized spacial score (nSPS) is 10.3. The van der Waals surface area contributed by atoms with Gasteiger partial charge in [-0.3, -0.25) is 0 Å². The monoisotopic (exact) mass is 222 g/mol. The molecular formula is C9H10N4O3. The largest absolute Gasteiger partial charge is 0.476 e. The second kappa shape index (κ2) is 4.05. The molecule has 0 fully saturated rings. The van der Waals surface area contributed by atoms with Gasteiger partial charge in [-0.15, -0.1) is 0 Å². The van der Waals surface area contributed by atoms with E-state index in [1.807, 2.05) is 17.8 Å². The summed E-state index contributed by atoms with van der Waals surface area (Å²) in [4.78, 5) is 18.3. The van der Waals surface area contributed by atoms with Crippen molar-refractivity contribution in [2.75, 3.05) is 5.32 Å². The first-order valence-corrected chi connectivity index (χ1v) is 4.55. The van der Waals surface area contributed by atoms with Crippen LogP contribution in [-0.4, -0.2) is 25.6 Å². The molecule has 7 nitrogen and oxygen atoms in total. The van der Waals surface area contributed by atoms with Crippen molar-refractivity contribution in [3.05, 3.63) is 30.2 Å².